The number of benzene rings is 9. The van der Waals surface area contributed by atoms with Gasteiger partial charge in [-0.15, -0.1) is 0 Å². The molecule has 0 radical (unpaired) electrons. The van der Waals surface area contributed by atoms with Gasteiger partial charge in [-0.3, -0.25) is 0 Å². The maximum Gasteiger partial charge on any atom is 0.228 e. The second-order valence-corrected chi connectivity index (χ2v) is 14.4. The van der Waals surface area contributed by atoms with Crippen LogP contribution in [0.5, 0.6) is 0 Å². The van der Waals surface area contributed by atoms with Crippen molar-refractivity contribution in [1.29, 1.82) is 0 Å². The molecule has 11 aromatic rings. The SMILES string of the molecule is c1ccc(-c2ccc(N(c3ccc(-c4cccc5nc(-c6cccc7oc8ccccc8c67)oc45)cc3)c3cccc(-c4ccc5ccccc5c4)c3)cc2)cc1. The van der Waals surface area contributed by atoms with Crippen LogP contribution in [-0.4, -0.2) is 4.98 Å². The number of rotatable bonds is 7. The smallest absolute Gasteiger partial charge is 0.228 e. The van der Waals surface area contributed by atoms with E-state index in [9.17, 15) is 0 Å². The molecule has 0 aliphatic rings. The molecule has 4 nitrogen and oxygen atoms in total. The van der Waals surface area contributed by atoms with Gasteiger partial charge in [0, 0.05) is 39.0 Å². The van der Waals surface area contributed by atoms with Crippen LogP contribution in [0.1, 0.15) is 0 Å². The Balaban J connectivity index is 0.991. The van der Waals surface area contributed by atoms with Gasteiger partial charge in [0.25, 0.3) is 0 Å². The van der Waals surface area contributed by atoms with Crippen molar-refractivity contribution in [3.05, 3.63) is 206 Å². The van der Waals surface area contributed by atoms with Crippen LogP contribution in [0.15, 0.2) is 215 Å². The molecule has 57 heavy (non-hydrogen) atoms. The zero-order valence-corrected chi connectivity index (χ0v) is 30.8. The lowest BCUT2D eigenvalue weighted by atomic mass is 10.00. The average Bonchev–Trinajstić information content (AvgIpc) is 3.90. The zero-order chi connectivity index (χ0) is 37.7. The van der Waals surface area contributed by atoms with Crippen LogP contribution in [0.2, 0.25) is 0 Å². The minimum absolute atomic E-state index is 0.572. The summed E-state index contributed by atoms with van der Waals surface area (Å²) in [5.74, 6) is 0.572. The first-order valence-electron chi connectivity index (χ1n) is 19.2. The lowest BCUT2D eigenvalue weighted by molar-refractivity contribution is 0.621. The molecule has 0 bridgehead atoms. The predicted molar refractivity (Wildman–Crippen MR) is 235 cm³/mol. The Kier molecular flexibility index (Phi) is 7.78. The average molecular weight is 731 g/mol. The number of hydrogen-bond donors (Lipinski definition) is 0. The standard InChI is InChI=1S/C53H34N2O2/c1-2-11-35(12-3-1)37-25-29-42(30-26-37)55(44-16-8-15-40(34-44)41-24-23-36-13-4-5-14-39(36)33-41)43-31-27-38(28-32-43)45-18-9-20-48-52(45)57-53(54-48)47-19-10-22-50-51(47)46-17-6-7-21-49(46)56-50/h1-34H. The largest absolute Gasteiger partial charge is 0.456 e. The van der Waals surface area contributed by atoms with Gasteiger partial charge in [-0.25, -0.2) is 4.98 Å². The monoisotopic (exact) mass is 730 g/mol. The van der Waals surface area contributed by atoms with Crippen molar-refractivity contribution >= 4 is 60.9 Å². The summed E-state index contributed by atoms with van der Waals surface area (Å²) in [7, 11) is 0. The Labute approximate surface area is 329 Å². The minimum Gasteiger partial charge on any atom is -0.456 e. The van der Waals surface area contributed by atoms with Gasteiger partial charge in [-0.05, 0) is 105 Å². The molecule has 2 heterocycles. The Hall–Kier alpha value is -7.69. The fourth-order valence-electron chi connectivity index (χ4n) is 8.11. The third-order valence-corrected chi connectivity index (χ3v) is 10.9. The third kappa shape index (κ3) is 5.83. The van der Waals surface area contributed by atoms with Crippen LogP contribution in [-0.2, 0) is 0 Å². The lowest BCUT2D eigenvalue weighted by Gasteiger charge is -2.26. The number of anilines is 3. The molecule has 0 spiro atoms. The van der Waals surface area contributed by atoms with Crippen molar-refractivity contribution in [1.82, 2.24) is 4.98 Å². The molecule has 0 saturated heterocycles. The quantitative estimate of drug-likeness (QED) is 0.164. The molecule has 0 saturated carbocycles. The molecular formula is C53H34N2O2. The van der Waals surface area contributed by atoms with Crippen LogP contribution in [0.3, 0.4) is 0 Å². The molecule has 0 amide bonds. The number of hydrogen-bond acceptors (Lipinski definition) is 4. The maximum absolute atomic E-state index is 6.65. The second kappa shape index (κ2) is 13.6. The number of oxazole rings is 1. The van der Waals surface area contributed by atoms with Gasteiger partial charge in [0.2, 0.25) is 5.89 Å². The number of furan rings is 1. The van der Waals surface area contributed by atoms with E-state index in [0.29, 0.717) is 5.89 Å². The minimum atomic E-state index is 0.572. The van der Waals surface area contributed by atoms with Gasteiger partial charge in [0.1, 0.15) is 16.7 Å². The van der Waals surface area contributed by atoms with Crippen molar-refractivity contribution < 1.29 is 8.83 Å². The number of para-hydroxylation sites is 2. The molecule has 4 heteroatoms. The summed E-state index contributed by atoms with van der Waals surface area (Å²) in [5, 5.41) is 4.51. The molecule has 268 valence electrons. The highest BCUT2D eigenvalue weighted by Gasteiger charge is 2.19. The van der Waals surface area contributed by atoms with E-state index in [-0.39, 0.29) is 0 Å². The first-order valence-corrected chi connectivity index (χ1v) is 19.2. The molecule has 0 atom stereocenters. The second-order valence-electron chi connectivity index (χ2n) is 14.4. The van der Waals surface area contributed by atoms with E-state index in [0.717, 1.165) is 72.4 Å². The molecule has 9 aromatic carbocycles. The number of aromatic nitrogens is 1. The summed E-state index contributed by atoms with van der Waals surface area (Å²) in [6.45, 7) is 0. The van der Waals surface area contributed by atoms with Crippen LogP contribution in [0.4, 0.5) is 17.1 Å². The highest BCUT2D eigenvalue weighted by atomic mass is 16.4. The summed E-state index contributed by atoms with van der Waals surface area (Å²) in [5.41, 5.74) is 14.1. The summed E-state index contributed by atoms with van der Waals surface area (Å²) < 4.78 is 12.8. The maximum atomic E-state index is 6.65. The summed E-state index contributed by atoms with van der Waals surface area (Å²) in [6, 6.07) is 72.4. The summed E-state index contributed by atoms with van der Waals surface area (Å²) in [4.78, 5) is 7.32. The lowest BCUT2D eigenvalue weighted by Crippen LogP contribution is -2.10. The Morgan fingerprint density at radius 3 is 1.82 bits per heavy atom. The van der Waals surface area contributed by atoms with Gasteiger partial charge in [0.05, 0.1) is 0 Å². The molecule has 0 aliphatic heterocycles. The van der Waals surface area contributed by atoms with E-state index in [1.54, 1.807) is 0 Å². The first-order chi connectivity index (χ1) is 28.2. The van der Waals surface area contributed by atoms with Gasteiger partial charge in [0.15, 0.2) is 5.58 Å². The van der Waals surface area contributed by atoms with E-state index in [2.05, 4.69) is 169 Å². The normalized spacial score (nSPS) is 11.5. The van der Waals surface area contributed by atoms with E-state index in [1.807, 2.05) is 42.5 Å². The fraction of sp³-hybridized carbons (Fsp3) is 0. The predicted octanol–water partition coefficient (Wildman–Crippen LogP) is 15.0. The molecule has 0 unspecified atom stereocenters. The molecule has 2 aromatic heterocycles. The van der Waals surface area contributed by atoms with Crippen molar-refractivity contribution in [3.8, 4) is 44.8 Å². The highest BCUT2D eigenvalue weighted by molar-refractivity contribution is 6.12. The topological polar surface area (TPSA) is 42.4 Å². The Morgan fingerprint density at radius 1 is 0.368 bits per heavy atom. The van der Waals surface area contributed by atoms with E-state index in [1.165, 1.54) is 27.5 Å². The summed E-state index contributed by atoms with van der Waals surface area (Å²) >= 11 is 0. The Morgan fingerprint density at radius 2 is 0.982 bits per heavy atom. The van der Waals surface area contributed by atoms with Crippen LogP contribution < -0.4 is 4.90 Å². The van der Waals surface area contributed by atoms with Gasteiger partial charge >= 0.3 is 0 Å². The Bertz CT molecular complexity index is 3230. The van der Waals surface area contributed by atoms with E-state index < -0.39 is 0 Å². The van der Waals surface area contributed by atoms with Gasteiger partial charge in [-0.1, -0.05) is 140 Å². The molecule has 0 N–H and O–H groups in total. The highest BCUT2D eigenvalue weighted by Crippen LogP contribution is 2.41. The fourth-order valence-corrected chi connectivity index (χ4v) is 8.11. The van der Waals surface area contributed by atoms with Crippen LogP contribution >= 0.6 is 0 Å². The summed E-state index contributed by atoms with van der Waals surface area (Å²) in [6.07, 6.45) is 0. The molecule has 0 aliphatic carbocycles. The third-order valence-electron chi connectivity index (χ3n) is 10.9. The van der Waals surface area contributed by atoms with Gasteiger partial charge in [-0.2, -0.15) is 0 Å². The van der Waals surface area contributed by atoms with Crippen molar-refractivity contribution in [3.63, 3.8) is 0 Å². The molecule has 11 rings (SSSR count). The number of nitrogens with zero attached hydrogens (tertiary/aromatic N) is 2. The van der Waals surface area contributed by atoms with Crippen LogP contribution in [0.25, 0.3) is 88.6 Å². The van der Waals surface area contributed by atoms with E-state index >= 15 is 0 Å². The number of fused-ring (bicyclic) bond motifs is 5. The van der Waals surface area contributed by atoms with Crippen molar-refractivity contribution in [2.45, 2.75) is 0 Å². The van der Waals surface area contributed by atoms with Crippen molar-refractivity contribution in [2.24, 2.45) is 0 Å². The van der Waals surface area contributed by atoms with Crippen molar-refractivity contribution in [2.75, 3.05) is 4.90 Å². The molecule has 0 fully saturated rings. The zero-order valence-electron chi connectivity index (χ0n) is 30.8. The van der Waals surface area contributed by atoms with E-state index in [4.69, 9.17) is 13.8 Å². The van der Waals surface area contributed by atoms with Crippen LogP contribution in [0, 0.1) is 0 Å². The van der Waals surface area contributed by atoms with Gasteiger partial charge < -0.3 is 13.7 Å². The molecular weight excluding hydrogens is 697 g/mol. The first kappa shape index (κ1) is 32.7.